The molecule has 0 bridgehead atoms. The van der Waals surface area contributed by atoms with Gasteiger partial charge >= 0.3 is 0 Å². The molecule has 6 nitrogen and oxygen atoms in total. The minimum absolute atomic E-state index is 0.0525. The second-order valence-corrected chi connectivity index (χ2v) is 7.93. The molecule has 0 saturated carbocycles. The zero-order valence-corrected chi connectivity index (χ0v) is 17.0. The topological polar surface area (TPSA) is 85.1 Å². The van der Waals surface area contributed by atoms with Gasteiger partial charge in [0.1, 0.15) is 0 Å². The zero-order chi connectivity index (χ0) is 20.3. The maximum absolute atomic E-state index is 12.5. The molecular weight excluding hydrogens is 374 g/mol. The van der Waals surface area contributed by atoms with Crippen LogP contribution >= 0.6 is 11.8 Å². The van der Waals surface area contributed by atoms with Crippen LogP contribution in [0, 0.1) is 13.8 Å². The number of benzene rings is 2. The van der Waals surface area contributed by atoms with Crippen molar-refractivity contribution in [3.05, 3.63) is 59.2 Å². The fourth-order valence-corrected chi connectivity index (χ4v) is 3.42. The highest BCUT2D eigenvalue weighted by Crippen LogP contribution is 2.27. The molecule has 3 rings (SSSR count). The molecule has 0 aliphatic carbocycles. The van der Waals surface area contributed by atoms with Crippen molar-refractivity contribution in [2.75, 3.05) is 5.32 Å². The van der Waals surface area contributed by atoms with Gasteiger partial charge < -0.3 is 9.73 Å². The molecule has 0 spiro atoms. The molecule has 1 atom stereocenters. The largest absolute Gasteiger partial charge is 0.411 e. The molecular formula is C21H21N3O3S. The number of aromatic nitrogens is 2. The Bertz CT molecular complexity index is 1010. The van der Waals surface area contributed by atoms with Gasteiger partial charge in [-0.15, -0.1) is 10.2 Å². The number of anilines is 1. The summed E-state index contributed by atoms with van der Waals surface area (Å²) in [7, 11) is 0. The molecule has 0 unspecified atom stereocenters. The predicted octanol–water partition coefficient (Wildman–Crippen LogP) is 4.68. The first-order valence-corrected chi connectivity index (χ1v) is 9.70. The predicted molar refractivity (Wildman–Crippen MR) is 110 cm³/mol. The Morgan fingerprint density at radius 1 is 1.07 bits per heavy atom. The van der Waals surface area contributed by atoms with Gasteiger partial charge in [0.15, 0.2) is 5.78 Å². The van der Waals surface area contributed by atoms with Gasteiger partial charge in [-0.2, -0.15) is 0 Å². The van der Waals surface area contributed by atoms with Crippen molar-refractivity contribution < 1.29 is 14.0 Å². The normalized spacial score (nSPS) is 11.9. The van der Waals surface area contributed by atoms with E-state index in [0.29, 0.717) is 22.4 Å². The molecule has 1 amide bonds. The summed E-state index contributed by atoms with van der Waals surface area (Å²) in [6, 6.07) is 12.9. The van der Waals surface area contributed by atoms with Crippen molar-refractivity contribution in [1.29, 1.82) is 0 Å². The molecule has 2 aromatic carbocycles. The average Bonchev–Trinajstić information content (AvgIpc) is 3.09. The number of carbonyl (C=O) groups excluding carboxylic acids is 2. The first kappa shape index (κ1) is 19.8. The molecule has 0 radical (unpaired) electrons. The second kappa shape index (κ2) is 8.39. The van der Waals surface area contributed by atoms with Crippen LogP contribution in [0.25, 0.3) is 11.5 Å². The van der Waals surface area contributed by atoms with Crippen molar-refractivity contribution in [3.63, 3.8) is 0 Å². The summed E-state index contributed by atoms with van der Waals surface area (Å²) < 4.78 is 5.72. The summed E-state index contributed by atoms with van der Waals surface area (Å²) >= 11 is 1.19. The third-order valence-electron chi connectivity index (χ3n) is 4.06. The lowest BCUT2D eigenvalue weighted by Crippen LogP contribution is -2.22. The van der Waals surface area contributed by atoms with E-state index < -0.39 is 5.25 Å². The van der Waals surface area contributed by atoms with Gasteiger partial charge in [0.25, 0.3) is 5.22 Å². The summed E-state index contributed by atoms with van der Waals surface area (Å²) in [6.45, 7) is 7.27. The first-order valence-electron chi connectivity index (χ1n) is 8.82. The van der Waals surface area contributed by atoms with Crippen LogP contribution in [-0.4, -0.2) is 27.1 Å². The Labute approximate surface area is 167 Å². The second-order valence-electron chi connectivity index (χ2n) is 6.64. The van der Waals surface area contributed by atoms with Crippen LogP contribution in [0.5, 0.6) is 0 Å². The number of carbonyl (C=O) groups is 2. The van der Waals surface area contributed by atoms with Crippen molar-refractivity contribution in [2.45, 2.75) is 38.2 Å². The fourth-order valence-electron chi connectivity index (χ4n) is 2.74. The monoisotopic (exact) mass is 395 g/mol. The third kappa shape index (κ3) is 4.86. The van der Waals surface area contributed by atoms with E-state index in [-0.39, 0.29) is 11.7 Å². The van der Waals surface area contributed by atoms with E-state index in [1.165, 1.54) is 18.7 Å². The molecule has 1 aromatic heterocycles. The van der Waals surface area contributed by atoms with Crippen molar-refractivity contribution in [3.8, 4) is 11.5 Å². The standard InChI is InChI=1S/C21H21N3O3S/c1-12-8-13(2)10-17(9-12)20-23-24-21(27-20)28-15(4)19(26)22-18-7-5-6-16(11-18)14(3)25/h5-11,15H,1-4H3,(H,22,26)/t15-/m1/s1. The number of amides is 1. The van der Waals surface area contributed by atoms with Gasteiger partial charge in [-0.1, -0.05) is 41.1 Å². The Balaban J connectivity index is 1.67. The van der Waals surface area contributed by atoms with Crippen molar-refractivity contribution >= 4 is 29.1 Å². The van der Waals surface area contributed by atoms with E-state index in [9.17, 15) is 9.59 Å². The van der Waals surface area contributed by atoms with Crippen LogP contribution in [0.3, 0.4) is 0 Å². The van der Waals surface area contributed by atoms with Gasteiger partial charge in [0.05, 0.1) is 5.25 Å². The average molecular weight is 395 g/mol. The lowest BCUT2D eigenvalue weighted by Gasteiger charge is -2.10. The van der Waals surface area contributed by atoms with E-state index in [2.05, 4.69) is 21.6 Å². The van der Waals surface area contributed by atoms with Crippen LogP contribution in [0.1, 0.15) is 35.3 Å². The van der Waals surface area contributed by atoms with Gasteiger partial charge in [0.2, 0.25) is 11.8 Å². The molecule has 3 aromatic rings. The van der Waals surface area contributed by atoms with E-state index in [1.54, 1.807) is 31.2 Å². The van der Waals surface area contributed by atoms with Gasteiger partial charge in [-0.3, -0.25) is 9.59 Å². The Morgan fingerprint density at radius 3 is 2.46 bits per heavy atom. The molecule has 0 aliphatic rings. The summed E-state index contributed by atoms with van der Waals surface area (Å²) in [5, 5.41) is 10.8. The molecule has 7 heteroatoms. The molecule has 1 N–H and O–H groups in total. The number of rotatable bonds is 6. The van der Waals surface area contributed by atoms with E-state index >= 15 is 0 Å². The SMILES string of the molecule is CC(=O)c1cccc(NC(=O)[C@@H](C)Sc2nnc(-c3cc(C)cc(C)c3)o2)c1. The number of thioether (sulfide) groups is 1. The lowest BCUT2D eigenvalue weighted by atomic mass is 10.1. The number of hydrogen-bond acceptors (Lipinski definition) is 6. The molecule has 144 valence electrons. The number of ketones is 1. The van der Waals surface area contributed by atoms with Crippen molar-refractivity contribution in [1.82, 2.24) is 10.2 Å². The van der Waals surface area contributed by atoms with Crippen LogP contribution in [0.2, 0.25) is 0 Å². The number of aryl methyl sites for hydroxylation is 2. The Kier molecular flexibility index (Phi) is 5.94. The summed E-state index contributed by atoms with van der Waals surface area (Å²) in [6.07, 6.45) is 0. The van der Waals surface area contributed by atoms with E-state index in [0.717, 1.165) is 16.7 Å². The van der Waals surface area contributed by atoms with Gasteiger partial charge in [-0.25, -0.2) is 0 Å². The molecule has 28 heavy (non-hydrogen) atoms. The quantitative estimate of drug-likeness (QED) is 0.482. The molecule has 0 fully saturated rings. The summed E-state index contributed by atoms with van der Waals surface area (Å²) in [5.74, 6) is 0.163. The van der Waals surface area contributed by atoms with Crippen LogP contribution in [0.4, 0.5) is 5.69 Å². The van der Waals surface area contributed by atoms with Crippen LogP contribution in [0.15, 0.2) is 52.1 Å². The maximum atomic E-state index is 12.5. The van der Waals surface area contributed by atoms with Crippen LogP contribution < -0.4 is 5.32 Å². The zero-order valence-electron chi connectivity index (χ0n) is 16.1. The van der Waals surface area contributed by atoms with Crippen LogP contribution in [-0.2, 0) is 4.79 Å². The Morgan fingerprint density at radius 2 is 1.79 bits per heavy atom. The minimum atomic E-state index is -0.450. The molecule has 0 saturated heterocycles. The highest BCUT2D eigenvalue weighted by atomic mass is 32.2. The number of nitrogens with zero attached hydrogens (tertiary/aromatic N) is 2. The summed E-state index contributed by atoms with van der Waals surface area (Å²) in [5.41, 5.74) is 4.21. The van der Waals surface area contributed by atoms with Gasteiger partial charge in [-0.05, 0) is 52.0 Å². The Hall–Kier alpha value is -2.93. The van der Waals surface area contributed by atoms with Crippen molar-refractivity contribution in [2.24, 2.45) is 0 Å². The molecule has 0 aliphatic heterocycles. The number of Topliss-reactive ketones (excluding diaryl/α,β-unsaturated/α-hetero) is 1. The van der Waals surface area contributed by atoms with E-state index in [4.69, 9.17) is 4.42 Å². The smallest absolute Gasteiger partial charge is 0.277 e. The highest BCUT2D eigenvalue weighted by molar-refractivity contribution is 8.00. The third-order valence-corrected chi connectivity index (χ3v) is 4.99. The van der Waals surface area contributed by atoms with E-state index in [1.807, 2.05) is 26.0 Å². The summed E-state index contributed by atoms with van der Waals surface area (Å²) in [4.78, 5) is 23.9. The lowest BCUT2D eigenvalue weighted by molar-refractivity contribution is -0.115. The first-order chi connectivity index (χ1) is 13.3. The molecule has 1 heterocycles. The number of nitrogens with one attached hydrogen (secondary N) is 1. The fraction of sp³-hybridized carbons (Fsp3) is 0.238. The number of hydrogen-bond donors (Lipinski definition) is 1. The minimum Gasteiger partial charge on any atom is -0.411 e. The highest BCUT2D eigenvalue weighted by Gasteiger charge is 2.19. The van der Waals surface area contributed by atoms with Gasteiger partial charge in [0, 0.05) is 16.8 Å². The maximum Gasteiger partial charge on any atom is 0.277 e.